The van der Waals surface area contributed by atoms with Crippen LogP contribution in [0.15, 0.2) is 22.6 Å². The number of hydrogen-bond donors (Lipinski definition) is 1. The molecule has 0 bridgehead atoms. The van der Waals surface area contributed by atoms with Crippen molar-refractivity contribution in [2.24, 2.45) is 0 Å². The van der Waals surface area contributed by atoms with Crippen molar-refractivity contribution < 1.29 is 4.42 Å². The van der Waals surface area contributed by atoms with Crippen molar-refractivity contribution in [2.45, 2.75) is 32.7 Å². The molecule has 0 spiro atoms. The van der Waals surface area contributed by atoms with Gasteiger partial charge < -0.3 is 15.1 Å². The lowest BCUT2D eigenvalue weighted by Crippen LogP contribution is -2.28. The van der Waals surface area contributed by atoms with Crippen LogP contribution in [0.5, 0.6) is 0 Å². The monoisotopic (exact) mass is 233 g/mol. The lowest BCUT2D eigenvalue weighted by Gasteiger charge is -2.22. The largest absolute Gasteiger partial charge is 0.423 e. The number of aromatic nitrogens is 1. The zero-order valence-electron chi connectivity index (χ0n) is 10.6. The highest BCUT2D eigenvalue weighted by Crippen LogP contribution is 2.24. The number of anilines is 2. The van der Waals surface area contributed by atoms with Gasteiger partial charge in [-0.3, -0.25) is 0 Å². The molecule has 0 aliphatic heterocycles. The number of nitrogens with zero attached hydrogens (tertiary/aromatic N) is 2. The molecule has 4 nitrogen and oxygen atoms in total. The SMILES string of the molecule is CCCC(C)N(C)c1nc2cc(N)ccc2o1. The lowest BCUT2D eigenvalue weighted by molar-refractivity contribution is 0.529. The zero-order chi connectivity index (χ0) is 12.4. The maximum absolute atomic E-state index is 5.72. The van der Waals surface area contributed by atoms with Crippen LogP contribution in [0.4, 0.5) is 11.7 Å². The molecule has 2 aromatic rings. The molecule has 0 saturated carbocycles. The highest BCUT2D eigenvalue weighted by atomic mass is 16.4. The van der Waals surface area contributed by atoms with E-state index in [0.717, 1.165) is 23.9 Å². The molecule has 1 unspecified atom stereocenters. The summed E-state index contributed by atoms with van der Waals surface area (Å²) in [5.41, 5.74) is 8.03. The molecular weight excluding hydrogens is 214 g/mol. The van der Waals surface area contributed by atoms with Gasteiger partial charge in [-0.15, -0.1) is 0 Å². The summed E-state index contributed by atoms with van der Waals surface area (Å²) in [6, 6.07) is 6.60. The average molecular weight is 233 g/mol. The van der Waals surface area contributed by atoms with Gasteiger partial charge in [0.2, 0.25) is 0 Å². The van der Waals surface area contributed by atoms with Crippen molar-refractivity contribution in [3.05, 3.63) is 18.2 Å². The van der Waals surface area contributed by atoms with Gasteiger partial charge in [0.15, 0.2) is 5.58 Å². The van der Waals surface area contributed by atoms with Crippen LogP contribution in [-0.2, 0) is 0 Å². The van der Waals surface area contributed by atoms with Crippen molar-refractivity contribution in [3.8, 4) is 0 Å². The molecule has 1 aromatic heterocycles. The number of rotatable bonds is 4. The van der Waals surface area contributed by atoms with E-state index in [4.69, 9.17) is 10.2 Å². The Morgan fingerprint density at radius 2 is 2.24 bits per heavy atom. The van der Waals surface area contributed by atoms with E-state index >= 15 is 0 Å². The molecule has 0 saturated heterocycles. The van der Waals surface area contributed by atoms with Crippen LogP contribution in [0, 0.1) is 0 Å². The van der Waals surface area contributed by atoms with Crippen LogP contribution in [0.3, 0.4) is 0 Å². The van der Waals surface area contributed by atoms with Gasteiger partial charge in [-0.2, -0.15) is 4.98 Å². The van der Waals surface area contributed by atoms with Crippen LogP contribution in [0.25, 0.3) is 11.1 Å². The number of nitrogens with two attached hydrogens (primary N) is 1. The van der Waals surface area contributed by atoms with Crippen molar-refractivity contribution in [2.75, 3.05) is 17.7 Å². The van der Waals surface area contributed by atoms with Crippen LogP contribution in [-0.4, -0.2) is 18.1 Å². The van der Waals surface area contributed by atoms with E-state index in [9.17, 15) is 0 Å². The van der Waals surface area contributed by atoms with E-state index < -0.39 is 0 Å². The normalized spacial score (nSPS) is 12.9. The molecular formula is C13H19N3O. The third kappa shape index (κ3) is 2.35. The van der Waals surface area contributed by atoms with Crippen molar-refractivity contribution >= 4 is 22.8 Å². The molecule has 92 valence electrons. The fraction of sp³-hybridized carbons (Fsp3) is 0.462. The highest BCUT2D eigenvalue weighted by molar-refractivity contribution is 5.78. The molecule has 17 heavy (non-hydrogen) atoms. The molecule has 1 heterocycles. The van der Waals surface area contributed by atoms with E-state index in [-0.39, 0.29) is 0 Å². The summed E-state index contributed by atoms with van der Waals surface area (Å²) < 4.78 is 5.71. The molecule has 1 aromatic carbocycles. The first kappa shape index (κ1) is 11.8. The van der Waals surface area contributed by atoms with Gasteiger partial charge in [0.25, 0.3) is 6.01 Å². The second-order valence-corrected chi connectivity index (χ2v) is 4.47. The van der Waals surface area contributed by atoms with E-state index in [1.165, 1.54) is 0 Å². The van der Waals surface area contributed by atoms with Crippen LogP contribution >= 0.6 is 0 Å². The quantitative estimate of drug-likeness (QED) is 0.825. The second kappa shape index (κ2) is 4.65. The van der Waals surface area contributed by atoms with Gasteiger partial charge in [-0.05, 0) is 31.5 Å². The van der Waals surface area contributed by atoms with Crippen LogP contribution in [0.1, 0.15) is 26.7 Å². The number of benzene rings is 1. The summed E-state index contributed by atoms with van der Waals surface area (Å²) in [5, 5.41) is 0. The summed E-state index contributed by atoms with van der Waals surface area (Å²) in [5.74, 6) is 0. The Morgan fingerprint density at radius 1 is 1.47 bits per heavy atom. The van der Waals surface area contributed by atoms with E-state index in [0.29, 0.717) is 17.7 Å². The maximum Gasteiger partial charge on any atom is 0.298 e. The minimum Gasteiger partial charge on any atom is -0.423 e. The van der Waals surface area contributed by atoms with Gasteiger partial charge in [0.05, 0.1) is 0 Å². The molecule has 0 amide bonds. The summed E-state index contributed by atoms with van der Waals surface area (Å²) in [6.07, 6.45) is 2.27. The molecule has 2 rings (SSSR count). The van der Waals surface area contributed by atoms with Gasteiger partial charge >= 0.3 is 0 Å². The second-order valence-electron chi connectivity index (χ2n) is 4.47. The van der Waals surface area contributed by atoms with Gasteiger partial charge in [-0.25, -0.2) is 0 Å². The third-order valence-corrected chi connectivity index (χ3v) is 3.07. The Balaban J connectivity index is 2.29. The topological polar surface area (TPSA) is 55.3 Å². The Bertz CT molecular complexity index is 506. The Kier molecular flexibility index (Phi) is 3.22. The minimum atomic E-state index is 0.422. The first-order valence-corrected chi connectivity index (χ1v) is 6.00. The highest BCUT2D eigenvalue weighted by Gasteiger charge is 2.15. The van der Waals surface area contributed by atoms with Crippen molar-refractivity contribution in [3.63, 3.8) is 0 Å². The molecule has 2 N–H and O–H groups in total. The molecule has 0 radical (unpaired) electrons. The van der Waals surface area contributed by atoms with Gasteiger partial charge in [-0.1, -0.05) is 13.3 Å². The predicted molar refractivity (Wildman–Crippen MR) is 71.2 cm³/mol. The Hall–Kier alpha value is -1.71. The van der Waals surface area contributed by atoms with Gasteiger partial charge in [0.1, 0.15) is 5.52 Å². The number of oxazole rings is 1. The zero-order valence-corrected chi connectivity index (χ0v) is 10.6. The average Bonchev–Trinajstić information content (AvgIpc) is 2.71. The molecule has 0 aliphatic rings. The first-order valence-electron chi connectivity index (χ1n) is 6.00. The van der Waals surface area contributed by atoms with Crippen molar-refractivity contribution in [1.82, 2.24) is 4.98 Å². The maximum atomic E-state index is 5.72. The van der Waals surface area contributed by atoms with Crippen molar-refractivity contribution in [1.29, 1.82) is 0 Å². The summed E-state index contributed by atoms with van der Waals surface area (Å²) in [6.45, 7) is 4.35. The summed E-state index contributed by atoms with van der Waals surface area (Å²) >= 11 is 0. The minimum absolute atomic E-state index is 0.422. The fourth-order valence-electron chi connectivity index (χ4n) is 1.88. The smallest absolute Gasteiger partial charge is 0.298 e. The summed E-state index contributed by atoms with van der Waals surface area (Å²) in [4.78, 5) is 6.53. The van der Waals surface area contributed by atoms with E-state index in [1.54, 1.807) is 0 Å². The Morgan fingerprint density at radius 3 is 2.94 bits per heavy atom. The molecule has 0 aliphatic carbocycles. The number of fused-ring (bicyclic) bond motifs is 1. The predicted octanol–water partition coefficient (Wildman–Crippen LogP) is 3.03. The van der Waals surface area contributed by atoms with E-state index in [1.807, 2.05) is 25.2 Å². The first-order chi connectivity index (χ1) is 8.11. The van der Waals surface area contributed by atoms with Crippen LogP contribution < -0.4 is 10.6 Å². The molecule has 1 atom stereocenters. The third-order valence-electron chi connectivity index (χ3n) is 3.07. The summed E-state index contributed by atoms with van der Waals surface area (Å²) in [7, 11) is 2.01. The van der Waals surface area contributed by atoms with Gasteiger partial charge in [0, 0.05) is 18.8 Å². The fourth-order valence-corrected chi connectivity index (χ4v) is 1.88. The molecule has 0 fully saturated rings. The Labute approximate surface area is 101 Å². The number of nitrogen functional groups attached to an aromatic ring is 1. The molecule has 4 heteroatoms. The van der Waals surface area contributed by atoms with E-state index in [2.05, 4.69) is 23.7 Å². The van der Waals surface area contributed by atoms with Crippen LogP contribution in [0.2, 0.25) is 0 Å². The lowest BCUT2D eigenvalue weighted by atomic mass is 10.2. The number of hydrogen-bond acceptors (Lipinski definition) is 4. The standard InChI is InChI=1S/C13H19N3O/c1-4-5-9(2)16(3)13-15-11-8-10(14)6-7-12(11)17-13/h6-9H,4-5,14H2,1-3H3.